The van der Waals surface area contributed by atoms with Gasteiger partial charge in [-0.05, 0) is 35.0 Å². The number of aryl methyl sites for hydroxylation is 1. The topological polar surface area (TPSA) is 12.9 Å². The van der Waals surface area contributed by atoms with Crippen LogP contribution in [-0.4, -0.2) is 4.98 Å². The Morgan fingerprint density at radius 2 is 1.57 bits per heavy atom. The summed E-state index contributed by atoms with van der Waals surface area (Å²) in [7, 11) is 0. The average molecular weight is 250 g/mol. The summed E-state index contributed by atoms with van der Waals surface area (Å²) >= 11 is 3.20. The molecule has 0 aliphatic heterocycles. The van der Waals surface area contributed by atoms with Gasteiger partial charge in [0.25, 0.3) is 0 Å². The number of halogens is 1. The largest absolute Gasteiger partial charge is 0.249 e. The normalized spacial score (nSPS) is 8.71. The third kappa shape index (κ3) is 4.77. The monoisotopic (exact) mass is 249 g/mol. The number of nitrogens with zero attached hydrogens (tertiary/aromatic N) is 1. The Balaban J connectivity index is 0.000000140. The van der Waals surface area contributed by atoms with Crippen molar-refractivity contribution in [3.05, 3.63) is 64.9 Å². The Morgan fingerprint density at radius 3 is 1.86 bits per heavy atom. The summed E-state index contributed by atoms with van der Waals surface area (Å²) < 4.78 is 0.884. The smallest absolute Gasteiger partial charge is 0.106 e. The Morgan fingerprint density at radius 1 is 0.929 bits per heavy atom. The molecule has 0 atom stereocenters. The standard InChI is InChI=1S/C7H8.C5H4BrN/c1-7-5-3-2-4-6-7;6-5-3-1-2-4-7-5/h2-6H,1H3;1-4H. The molecule has 0 unspecified atom stereocenters. The van der Waals surface area contributed by atoms with E-state index in [-0.39, 0.29) is 0 Å². The minimum atomic E-state index is 0.884. The SMILES string of the molecule is Brc1ccccn1.Cc1ccccc1. The van der Waals surface area contributed by atoms with E-state index in [0.717, 1.165) is 4.60 Å². The number of hydrogen-bond acceptors (Lipinski definition) is 1. The van der Waals surface area contributed by atoms with Crippen LogP contribution < -0.4 is 0 Å². The fourth-order valence-electron chi connectivity index (χ4n) is 0.876. The van der Waals surface area contributed by atoms with Crippen LogP contribution in [0.1, 0.15) is 5.56 Å². The van der Waals surface area contributed by atoms with E-state index >= 15 is 0 Å². The van der Waals surface area contributed by atoms with E-state index in [0.29, 0.717) is 0 Å². The molecule has 14 heavy (non-hydrogen) atoms. The second-order valence-electron chi connectivity index (χ2n) is 2.81. The Hall–Kier alpha value is -1.15. The molecule has 1 heterocycles. The minimum Gasteiger partial charge on any atom is -0.249 e. The molecule has 0 amide bonds. The lowest BCUT2D eigenvalue weighted by Crippen LogP contribution is -1.66. The lowest BCUT2D eigenvalue weighted by atomic mass is 10.2. The van der Waals surface area contributed by atoms with Crippen LogP contribution in [0.2, 0.25) is 0 Å². The summed E-state index contributed by atoms with van der Waals surface area (Å²) in [5.74, 6) is 0. The Bertz CT molecular complexity index is 308. The van der Waals surface area contributed by atoms with Crippen LogP contribution in [0, 0.1) is 6.92 Å². The molecule has 0 fully saturated rings. The van der Waals surface area contributed by atoms with Crippen molar-refractivity contribution in [3.8, 4) is 0 Å². The van der Waals surface area contributed by atoms with Crippen LogP contribution in [-0.2, 0) is 0 Å². The van der Waals surface area contributed by atoms with Crippen molar-refractivity contribution in [2.75, 3.05) is 0 Å². The van der Waals surface area contributed by atoms with Gasteiger partial charge in [-0.15, -0.1) is 0 Å². The van der Waals surface area contributed by atoms with Crippen molar-refractivity contribution in [1.82, 2.24) is 4.98 Å². The third-order valence-corrected chi connectivity index (χ3v) is 2.04. The van der Waals surface area contributed by atoms with Gasteiger partial charge in [0.15, 0.2) is 0 Å². The van der Waals surface area contributed by atoms with Crippen LogP contribution in [0.4, 0.5) is 0 Å². The van der Waals surface area contributed by atoms with Gasteiger partial charge in [0.1, 0.15) is 4.60 Å². The number of aromatic nitrogens is 1. The summed E-state index contributed by atoms with van der Waals surface area (Å²) in [5.41, 5.74) is 1.32. The lowest BCUT2D eigenvalue weighted by molar-refractivity contribution is 1.28. The van der Waals surface area contributed by atoms with Crippen molar-refractivity contribution < 1.29 is 0 Å². The summed E-state index contributed by atoms with van der Waals surface area (Å²) in [6.45, 7) is 2.08. The van der Waals surface area contributed by atoms with Crippen molar-refractivity contribution in [2.45, 2.75) is 6.92 Å². The van der Waals surface area contributed by atoms with Crippen molar-refractivity contribution in [1.29, 1.82) is 0 Å². The first-order chi connectivity index (χ1) is 6.79. The van der Waals surface area contributed by atoms with E-state index in [2.05, 4.69) is 40.0 Å². The molecule has 0 saturated carbocycles. The van der Waals surface area contributed by atoms with E-state index in [1.807, 2.05) is 36.4 Å². The van der Waals surface area contributed by atoms with Crippen molar-refractivity contribution in [3.63, 3.8) is 0 Å². The maximum absolute atomic E-state index is 3.90. The molecule has 2 aromatic rings. The molecule has 72 valence electrons. The van der Waals surface area contributed by atoms with Gasteiger partial charge in [-0.2, -0.15) is 0 Å². The zero-order valence-corrected chi connectivity index (χ0v) is 9.61. The van der Waals surface area contributed by atoms with Crippen LogP contribution in [0.15, 0.2) is 59.3 Å². The third-order valence-electron chi connectivity index (χ3n) is 1.57. The van der Waals surface area contributed by atoms with Gasteiger partial charge in [-0.1, -0.05) is 42.0 Å². The first-order valence-electron chi connectivity index (χ1n) is 4.37. The maximum atomic E-state index is 3.90. The van der Waals surface area contributed by atoms with Gasteiger partial charge in [0, 0.05) is 6.20 Å². The predicted molar refractivity (Wildman–Crippen MR) is 63.1 cm³/mol. The highest BCUT2D eigenvalue weighted by Gasteiger charge is 1.76. The number of rotatable bonds is 0. The molecule has 1 nitrogen and oxygen atoms in total. The molecular formula is C12H12BrN. The van der Waals surface area contributed by atoms with Crippen LogP contribution in [0.5, 0.6) is 0 Å². The molecule has 2 rings (SSSR count). The zero-order valence-electron chi connectivity index (χ0n) is 8.02. The summed E-state index contributed by atoms with van der Waals surface area (Å²) in [4.78, 5) is 3.90. The van der Waals surface area contributed by atoms with E-state index in [1.165, 1.54) is 5.56 Å². The highest BCUT2D eigenvalue weighted by Crippen LogP contribution is 2.00. The highest BCUT2D eigenvalue weighted by molar-refractivity contribution is 9.10. The molecule has 0 aliphatic rings. The predicted octanol–water partition coefficient (Wildman–Crippen LogP) is 3.84. The quantitative estimate of drug-likeness (QED) is 0.647. The van der Waals surface area contributed by atoms with Crippen molar-refractivity contribution in [2.24, 2.45) is 0 Å². The zero-order chi connectivity index (χ0) is 10.2. The Kier molecular flexibility index (Phi) is 4.94. The second-order valence-corrected chi connectivity index (χ2v) is 3.62. The number of pyridine rings is 1. The average Bonchev–Trinajstić information content (AvgIpc) is 2.21. The Labute approximate surface area is 92.9 Å². The molecule has 1 aromatic carbocycles. The van der Waals surface area contributed by atoms with E-state index in [9.17, 15) is 0 Å². The molecule has 0 bridgehead atoms. The molecule has 0 aliphatic carbocycles. The van der Waals surface area contributed by atoms with Gasteiger partial charge in [0.05, 0.1) is 0 Å². The van der Waals surface area contributed by atoms with Gasteiger partial charge in [-0.3, -0.25) is 0 Å². The fraction of sp³-hybridized carbons (Fsp3) is 0.0833. The van der Waals surface area contributed by atoms with Crippen LogP contribution >= 0.6 is 15.9 Å². The number of hydrogen-bond donors (Lipinski definition) is 0. The molecule has 0 N–H and O–H groups in total. The minimum absolute atomic E-state index is 0.884. The molecule has 0 spiro atoms. The summed E-state index contributed by atoms with van der Waals surface area (Å²) in [6.07, 6.45) is 1.74. The molecular weight excluding hydrogens is 238 g/mol. The first kappa shape index (κ1) is 10.9. The molecule has 0 radical (unpaired) electrons. The first-order valence-corrected chi connectivity index (χ1v) is 5.16. The van der Waals surface area contributed by atoms with E-state index < -0.39 is 0 Å². The molecule has 0 saturated heterocycles. The number of benzene rings is 1. The van der Waals surface area contributed by atoms with E-state index in [1.54, 1.807) is 6.20 Å². The maximum Gasteiger partial charge on any atom is 0.106 e. The van der Waals surface area contributed by atoms with Gasteiger partial charge in [-0.25, -0.2) is 4.98 Å². The second kappa shape index (κ2) is 6.33. The summed E-state index contributed by atoms with van der Waals surface area (Å²) in [5, 5.41) is 0. The van der Waals surface area contributed by atoms with Gasteiger partial charge in [0.2, 0.25) is 0 Å². The fourth-order valence-corrected chi connectivity index (χ4v) is 1.15. The van der Waals surface area contributed by atoms with Gasteiger partial charge < -0.3 is 0 Å². The van der Waals surface area contributed by atoms with Gasteiger partial charge >= 0.3 is 0 Å². The van der Waals surface area contributed by atoms with E-state index in [4.69, 9.17) is 0 Å². The summed E-state index contributed by atoms with van der Waals surface area (Å²) in [6, 6.07) is 16.0. The highest BCUT2D eigenvalue weighted by atomic mass is 79.9. The van der Waals surface area contributed by atoms with Crippen molar-refractivity contribution >= 4 is 15.9 Å². The van der Waals surface area contributed by atoms with Crippen LogP contribution in [0.3, 0.4) is 0 Å². The van der Waals surface area contributed by atoms with Crippen LogP contribution in [0.25, 0.3) is 0 Å². The molecule has 1 aromatic heterocycles. The lowest BCUT2D eigenvalue weighted by Gasteiger charge is -1.82. The molecule has 2 heteroatoms.